The van der Waals surface area contributed by atoms with Crippen LogP contribution in [0.1, 0.15) is 11.7 Å². The molecule has 1 aromatic carbocycles. The maximum atomic E-state index is 13.1. The smallest absolute Gasteiger partial charge is 0.323 e. The van der Waals surface area contributed by atoms with Crippen LogP contribution in [0.5, 0.6) is 0 Å². The van der Waals surface area contributed by atoms with Gasteiger partial charge in [-0.25, -0.2) is 4.39 Å². The molecule has 0 aliphatic carbocycles. The van der Waals surface area contributed by atoms with Gasteiger partial charge in [-0.15, -0.1) is 0 Å². The fourth-order valence-electron chi connectivity index (χ4n) is 1.48. The van der Waals surface area contributed by atoms with E-state index in [4.69, 9.17) is 10.8 Å². The first-order chi connectivity index (χ1) is 7.84. The molecule has 0 saturated heterocycles. The number of aliphatic hydroxyl groups is 1. The third-order valence-corrected chi connectivity index (χ3v) is 2.42. The maximum Gasteiger partial charge on any atom is 0.323 e. The average Bonchev–Trinajstić information content (AvgIpc) is 2.26. The van der Waals surface area contributed by atoms with E-state index in [2.05, 4.69) is 0 Å². The lowest BCUT2D eigenvalue weighted by Gasteiger charge is -2.22. The predicted molar refractivity (Wildman–Crippen MR) is 61.3 cm³/mol. The first-order valence-corrected chi connectivity index (χ1v) is 4.97. The van der Waals surface area contributed by atoms with E-state index < -0.39 is 23.9 Å². The van der Waals surface area contributed by atoms with Gasteiger partial charge in [0.2, 0.25) is 0 Å². The van der Waals surface area contributed by atoms with Crippen LogP contribution in [-0.4, -0.2) is 36.3 Å². The van der Waals surface area contributed by atoms with Crippen molar-refractivity contribution in [3.8, 4) is 0 Å². The van der Waals surface area contributed by atoms with Crippen LogP contribution in [0.4, 0.5) is 10.1 Å². The van der Waals surface area contributed by atoms with E-state index in [-0.39, 0.29) is 5.56 Å². The Labute approximate surface area is 98.3 Å². The van der Waals surface area contributed by atoms with E-state index in [1.54, 1.807) is 19.0 Å². The molecule has 1 rings (SSSR count). The summed E-state index contributed by atoms with van der Waals surface area (Å²) in [5.74, 6) is -1.78. The van der Waals surface area contributed by atoms with Crippen molar-refractivity contribution in [3.63, 3.8) is 0 Å². The summed E-state index contributed by atoms with van der Waals surface area (Å²) in [4.78, 5) is 12.3. The zero-order valence-electron chi connectivity index (χ0n) is 9.59. The quantitative estimate of drug-likeness (QED) is 0.708. The van der Waals surface area contributed by atoms with Crippen LogP contribution in [0.25, 0.3) is 0 Å². The largest absolute Gasteiger partial charge is 0.480 e. The van der Waals surface area contributed by atoms with Crippen molar-refractivity contribution in [2.45, 2.75) is 12.1 Å². The molecule has 0 bridgehead atoms. The number of halogens is 1. The number of benzene rings is 1. The predicted octanol–water partition coefficient (Wildman–Crippen LogP) is 0.337. The molecule has 6 heteroatoms. The number of nitrogens with two attached hydrogens (primary N) is 1. The molecule has 0 radical (unpaired) electrons. The van der Waals surface area contributed by atoms with Gasteiger partial charge in [0, 0.05) is 25.3 Å². The third kappa shape index (κ3) is 2.92. The van der Waals surface area contributed by atoms with E-state index in [9.17, 15) is 14.3 Å². The Kier molecular flexibility index (Phi) is 4.03. The second kappa shape index (κ2) is 5.11. The second-order valence-corrected chi connectivity index (χ2v) is 3.91. The number of aliphatic hydroxyl groups excluding tert-OH is 1. The fraction of sp³-hybridized carbons (Fsp3) is 0.364. The highest BCUT2D eigenvalue weighted by Gasteiger charge is 2.26. The van der Waals surface area contributed by atoms with Gasteiger partial charge in [0.25, 0.3) is 0 Å². The van der Waals surface area contributed by atoms with Crippen LogP contribution < -0.4 is 10.6 Å². The van der Waals surface area contributed by atoms with Crippen molar-refractivity contribution in [2.24, 2.45) is 5.73 Å². The zero-order valence-corrected chi connectivity index (χ0v) is 9.59. The van der Waals surface area contributed by atoms with Gasteiger partial charge in [0.15, 0.2) is 0 Å². The molecule has 0 aromatic heterocycles. The Morgan fingerprint density at radius 1 is 1.47 bits per heavy atom. The monoisotopic (exact) mass is 242 g/mol. The molecular formula is C11H15FN2O3. The van der Waals surface area contributed by atoms with E-state index in [1.165, 1.54) is 12.1 Å². The average molecular weight is 242 g/mol. The lowest BCUT2D eigenvalue weighted by atomic mass is 10.0. The van der Waals surface area contributed by atoms with Gasteiger partial charge in [-0.1, -0.05) is 6.07 Å². The molecular weight excluding hydrogens is 227 g/mol. The molecule has 0 fully saturated rings. The standard InChI is InChI=1S/C11H15FN2O3/c1-14(2)8-5-6(12)3-4-7(8)10(15)9(13)11(16)17/h3-5,9-10,15H,13H2,1-2H3,(H,16,17). The summed E-state index contributed by atoms with van der Waals surface area (Å²) in [6.07, 6.45) is -1.38. The van der Waals surface area contributed by atoms with Gasteiger partial charge in [-0.05, 0) is 12.1 Å². The third-order valence-electron chi connectivity index (χ3n) is 2.42. The van der Waals surface area contributed by atoms with Crippen molar-refractivity contribution < 1.29 is 19.4 Å². The maximum absolute atomic E-state index is 13.1. The Bertz CT molecular complexity index is 423. The van der Waals surface area contributed by atoms with E-state index in [1.807, 2.05) is 0 Å². The normalized spacial score (nSPS) is 14.2. The van der Waals surface area contributed by atoms with E-state index in [0.29, 0.717) is 5.69 Å². The second-order valence-electron chi connectivity index (χ2n) is 3.91. The molecule has 2 unspecified atom stereocenters. The number of carboxylic acids is 1. The Balaban J connectivity index is 3.17. The summed E-state index contributed by atoms with van der Waals surface area (Å²) in [5.41, 5.74) is 6.02. The zero-order chi connectivity index (χ0) is 13.2. The molecule has 0 aliphatic rings. The first-order valence-electron chi connectivity index (χ1n) is 4.97. The molecule has 2 atom stereocenters. The molecule has 0 saturated carbocycles. The van der Waals surface area contributed by atoms with Crippen molar-refractivity contribution in [1.82, 2.24) is 0 Å². The number of rotatable bonds is 4. The minimum atomic E-state index is -1.45. The first kappa shape index (κ1) is 13.4. The molecule has 0 heterocycles. The minimum absolute atomic E-state index is 0.284. The van der Waals surface area contributed by atoms with E-state index in [0.717, 1.165) is 6.07 Å². The summed E-state index contributed by atoms with van der Waals surface area (Å²) in [7, 11) is 3.33. The lowest BCUT2D eigenvalue weighted by molar-refractivity contribution is -0.141. The number of carbonyl (C=O) groups is 1. The molecule has 0 spiro atoms. The topological polar surface area (TPSA) is 86.8 Å². The van der Waals surface area contributed by atoms with Crippen LogP contribution in [-0.2, 0) is 4.79 Å². The SMILES string of the molecule is CN(C)c1cc(F)ccc1C(O)C(N)C(=O)O. The number of aliphatic carboxylic acids is 1. The van der Waals surface area contributed by atoms with Gasteiger partial charge < -0.3 is 20.8 Å². The molecule has 0 aliphatic heterocycles. The highest BCUT2D eigenvalue weighted by molar-refractivity contribution is 5.75. The molecule has 5 nitrogen and oxygen atoms in total. The highest BCUT2D eigenvalue weighted by Crippen LogP contribution is 2.27. The summed E-state index contributed by atoms with van der Waals surface area (Å²) >= 11 is 0. The fourth-order valence-corrected chi connectivity index (χ4v) is 1.48. The number of hydrogen-bond donors (Lipinski definition) is 3. The molecule has 0 amide bonds. The van der Waals surface area contributed by atoms with Crippen molar-refractivity contribution in [1.29, 1.82) is 0 Å². The molecule has 4 N–H and O–H groups in total. The number of anilines is 1. The van der Waals surface area contributed by atoms with Crippen molar-refractivity contribution >= 4 is 11.7 Å². The molecule has 94 valence electrons. The minimum Gasteiger partial charge on any atom is -0.480 e. The lowest BCUT2D eigenvalue weighted by Crippen LogP contribution is -2.37. The van der Waals surface area contributed by atoms with Crippen LogP contribution in [0, 0.1) is 5.82 Å². The van der Waals surface area contributed by atoms with Gasteiger partial charge in [0.05, 0.1) is 0 Å². The van der Waals surface area contributed by atoms with Crippen LogP contribution in [0.2, 0.25) is 0 Å². The number of nitrogens with zero attached hydrogens (tertiary/aromatic N) is 1. The van der Waals surface area contributed by atoms with Crippen molar-refractivity contribution in [2.75, 3.05) is 19.0 Å². The number of carboxylic acid groups (broad SMARTS) is 1. The summed E-state index contributed by atoms with van der Waals surface area (Å²) < 4.78 is 13.1. The summed E-state index contributed by atoms with van der Waals surface area (Å²) in [6, 6.07) is 2.25. The summed E-state index contributed by atoms with van der Waals surface area (Å²) in [6.45, 7) is 0. The van der Waals surface area contributed by atoms with Crippen LogP contribution >= 0.6 is 0 Å². The van der Waals surface area contributed by atoms with Crippen LogP contribution in [0.15, 0.2) is 18.2 Å². The van der Waals surface area contributed by atoms with Crippen LogP contribution in [0.3, 0.4) is 0 Å². The Morgan fingerprint density at radius 2 is 2.06 bits per heavy atom. The summed E-state index contributed by atoms with van der Waals surface area (Å²) in [5, 5.41) is 18.6. The number of hydrogen-bond acceptors (Lipinski definition) is 4. The van der Waals surface area contributed by atoms with Crippen molar-refractivity contribution in [3.05, 3.63) is 29.6 Å². The molecule has 17 heavy (non-hydrogen) atoms. The van der Waals surface area contributed by atoms with E-state index >= 15 is 0 Å². The highest BCUT2D eigenvalue weighted by atomic mass is 19.1. The van der Waals surface area contributed by atoms with Gasteiger partial charge in [0.1, 0.15) is 18.0 Å². The van der Waals surface area contributed by atoms with Gasteiger partial charge in [-0.3, -0.25) is 4.79 Å². The molecule has 1 aromatic rings. The van der Waals surface area contributed by atoms with Gasteiger partial charge >= 0.3 is 5.97 Å². The Hall–Kier alpha value is -1.66. The Morgan fingerprint density at radius 3 is 2.53 bits per heavy atom. The van der Waals surface area contributed by atoms with Gasteiger partial charge in [-0.2, -0.15) is 0 Å².